The molecule has 1 aliphatic rings. The van der Waals surface area contributed by atoms with Gasteiger partial charge >= 0.3 is 0 Å². The number of hydrogen-bond acceptors (Lipinski definition) is 4. The monoisotopic (exact) mass is 358 g/mol. The van der Waals surface area contributed by atoms with Gasteiger partial charge in [-0.05, 0) is 44.6 Å². The number of fused-ring (bicyclic) bond motifs is 1. The van der Waals surface area contributed by atoms with E-state index in [0.717, 1.165) is 29.9 Å². The van der Waals surface area contributed by atoms with Gasteiger partial charge in [-0.2, -0.15) is 5.26 Å². The van der Waals surface area contributed by atoms with Gasteiger partial charge in [0.05, 0.1) is 0 Å². The second-order valence-electron chi connectivity index (χ2n) is 6.33. The van der Waals surface area contributed by atoms with Gasteiger partial charge in [0.15, 0.2) is 0 Å². The number of anilines is 1. The van der Waals surface area contributed by atoms with E-state index in [1.807, 2.05) is 31.2 Å². The number of allylic oxidation sites excluding steroid dienone is 3. The van der Waals surface area contributed by atoms with Gasteiger partial charge in [0, 0.05) is 36.0 Å². The van der Waals surface area contributed by atoms with E-state index < -0.39 is 0 Å². The van der Waals surface area contributed by atoms with Gasteiger partial charge in [-0.3, -0.25) is 4.79 Å². The average Bonchev–Trinajstić information content (AvgIpc) is 2.70. The molecule has 4 nitrogen and oxygen atoms in total. The molecule has 0 spiro atoms. The number of benzene rings is 2. The van der Waals surface area contributed by atoms with Crippen molar-refractivity contribution in [2.75, 3.05) is 18.0 Å². The van der Waals surface area contributed by atoms with Crippen LogP contribution in [0.5, 0.6) is 5.75 Å². The number of nitriles is 1. The Labute approximate surface area is 160 Å². The zero-order valence-corrected chi connectivity index (χ0v) is 15.8. The lowest BCUT2D eigenvalue weighted by molar-refractivity contribution is 0.103. The lowest BCUT2D eigenvalue weighted by Gasteiger charge is -2.25. The summed E-state index contributed by atoms with van der Waals surface area (Å²) in [6.07, 6.45) is 1.76. The minimum Gasteiger partial charge on any atom is -0.455 e. The van der Waals surface area contributed by atoms with Crippen LogP contribution in [-0.4, -0.2) is 18.9 Å². The van der Waals surface area contributed by atoms with Gasteiger partial charge in [0.1, 0.15) is 23.2 Å². The van der Waals surface area contributed by atoms with E-state index >= 15 is 0 Å². The highest BCUT2D eigenvalue weighted by atomic mass is 16.5. The number of carbonyl (C=O) groups excluding carboxylic acids is 1. The predicted octanol–water partition coefficient (Wildman–Crippen LogP) is 4.99. The summed E-state index contributed by atoms with van der Waals surface area (Å²) >= 11 is 0. The van der Waals surface area contributed by atoms with Crippen LogP contribution in [0.3, 0.4) is 0 Å². The van der Waals surface area contributed by atoms with Crippen LogP contribution in [0.1, 0.15) is 36.7 Å². The summed E-state index contributed by atoms with van der Waals surface area (Å²) in [4.78, 5) is 15.0. The van der Waals surface area contributed by atoms with E-state index in [-0.39, 0.29) is 11.4 Å². The molecule has 0 amide bonds. The van der Waals surface area contributed by atoms with E-state index in [1.54, 1.807) is 30.3 Å². The van der Waals surface area contributed by atoms with E-state index in [1.165, 1.54) is 0 Å². The van der Waals surface area contributed by atoms with Gasteiger partial charge in [0.2, 0.25) is 5.78 Å². The molecule has 2 aromatic rings. The Balaban J connectivity index is 2.04. The SMILES string of the molecule is CCN(CC)c1ccc2c(c1)O/C(=C(/C#N)C(=O)c1ccccc1)C=C2C. The first-order valence-corrected chi connectivity index (χ1v) is 9.08. The number of nitrogens with zero attached hydrogens (tertiary/aromatic N) is 2. The third-order valence-electron chi connectivity index (χ3n) is 4.71. The van der Waals surface area contributed by atoms with E-state index in [2.05, 4.69) is 24.8 Å². The number of ether oxygens (including phenoxy) is 1. The first-order valence-electron chi connectivity index (χ1n) is 9.08. The molecule has 27 heavy (non-hydrogen) atoms. The fourth-order valence-corrected chi connectivity index (χ4v) is 3.20. The maximum atomic E-state index is 12.8. The number of carbonyl (C=O) groups is 1. The molecule has 0 saturated carbocycles. The van der Waals surface area contributed by atoms with E-state index in [4.69, 9.17) is 4.74 Å². The Morgan fingerprint density at radius 1 is 1.11 bits per heavy atom. The minimum absolute atomic E-state index is 0.0134. The summed E-state index contributed by atoms with van der Waals surface area (Å²) in [5.41, 5.74) is 3.48. The summed E-state index contributed by atoms with van der Waals surface area (Å²) < 4.78 is 6.01. The summed E-state index contributed by atoms with van der Waals surface area (Å²) in [5.74, 6) is 0.636. The highest BCUT2D eigenvalue weighted by Gasteiger charge is 2.23. The standard InChI is InChI=1S/C23H22N2O2/c1-4-25(5-2)18-11-12-19-16(3)13-21(27-22(19)14-18)20(15-24)23(26)17-9-7-6-8-10-17/h6-14H,4-5H2,1-3H3/b21-20-. The molecule has 1 heterocycles. The van der Waals surface area contributed by atoms with Crippen LogP contribution in [0.2, 0.25) is 0 Å². The van der Waals surface area contributed by atoms with Gasteiger partial charge in [-0.15, -0.1) is 0 Å². The molecule has 0 unspecified atom stereocenters. The molecule has 136 valence electrons. The lowest BCUT2D eigenvalue weighted by Crippen LogP contribution is -2.22. The van der Waals surface area contributed by atoms with Crippen LogP contribution in [0.15, 0.2) is 65.9 Å². The van der Waals surface area contributed by atoms with Crippen molar-refractivity contribution >= 4 is 17.0 Å². The average molecular weight is 358 g/mol. The second-order valence-corrected chi connectivity index (χ2v) is 6.33. The Morgan fingerprint density at radius 3 is 2.44 bits per heavy atom. The van der Waals surface area contributed by atoms with Crippen LogP contribution in [0.4, 0.5) is 5.69 Å². The topological polar surface area (TPSA) is 53.3 Å². The summed E-state index contributed by atoms with van der Waals surface area (Å²) in [6.45, 7) is 7.95. The minimum atomic E-state index is -0.333. The second kappa shape index (κ2) is 7.92. The summed E-state index contributed by atoms with van der Waals surface area (Å²) in [6, 6.07) is 16.9. The van der Waals surface area contributed by atoms with Gasteiger partial charge < -0.3 is 9.64 Å². The molecular formula is C23H22N2O2. The first kappa shape index (κ1) is 18.5. The molecule has 1 aliphatic heterocycles. The molecular weight excluding hydrogens is 336 g/mol. The normalized spacial score (nSPS) is 14.4. The number of hydrogen-bond donors (Lipinski definition) is 0. The lowest BCUT2D eigenvalue weighted by atomic mass is 9.98. The maximum Gasteiger partial charge on any atom is 0.207 e. The van der Waals surface area contributed by atoms with Crippen LogP contribution >= 0.6 is 0 Å². The molecule has 4 heteroatoms. The fourth-order valence-electron chi connectivity index (χ4n) is 3.20. The van der Waals surface area contributed by atoms with Gasteiger partial charge in [-0.25, -0.2) is 0 Å². The predicted molar refractivity (Wildman–Crippen MR) is 108 cm³/mol. The maximum absolute atomic E-state index is 12.8. The summed E-state index contributed by atoms with van der Waals surface area (Å²) in [7, 11) is 0. The highest BCUT2D eigenvalue weighted by molar-refractivity contribution is 6.12. The van der Waals surface area contributed by atoms with Gasteiger partial charge in [0.25, 0.3) is 0 Å². The van der Waals surface area contributed by atoms with Crippen molar-refractivity contribution in [3.8, 4) is 11.8 Å². The van der Waals surface area contributed by atoms with Crippen molar-refractivity contribution in [2.24, 2.45) is 0 Å². The van der Waals surface area contributed by atoms with Crippen LogP contribution in [-0.2, 0) is 0 Å². The Bertz CT molecular complexity index is 962. The van der Waals surface area contributed by atoms with Crippen LogP contribution < -0.4 is 9.64 Å². The third kappa shape index (κ3) is 3.63. The summed E-state index contributed by atoms with van der Waals surface area (Å²) in [5, 5.41) is 9.62. The molecule has 2 aromatic carbocycles. The zero-order chi connectivity index (χ0) is 19.4. The first-order chi connectivity index (χ1) is 13.1. The quantitative estimate of drug-likeness (QED) is 0.429. The number of rotatable bonds is 5. The molecule has 0 fully saturated rings. The molecule has 0 aliphatic carbocycles. The van der Waals surface area contributed by atoms with Crippen molar-refractivity contribution in [3.05, 3.63) is 77.1 Å². The smallest absolute Gasteiger partial charge is 0.207 e. The van der Waals surface area contributed by atoms with Crippen LogP contribution in [0, 0.1) is 11.3 Å². The number of ketones is 1. The molecule has 3 rings (SSSR count). The molecule has 0 N–H and O–H groups in total. The van der Waals surface area contributed by atoms with E-state index in [9.17, 15) is 10.1 Å². The highest BCUT2D eigenvalue weighted by Crippen LogP contribution is 2.37. The van der Waals surface area contributed by atoms with Crippen molar-refractivity contribution < 1.29 is 9.53 Å². The largest absolute Gasteiger partial charge is 0.455 e. The fraction of sp³-hybridized carbons (Fsp3) is 0.217. The van der Waals surface area contributed by atoms with Gasteiger partial charge in [-0.1, -0.05) is 30.3 Å². The Hall–Kier alpha value is -3.32. The van der Waals surface area contributed by atoms with E-state index in [0.29, 0.717) is 17.1 Å². The van der Waals surface area contributed by atoms with Crippen molar-refractivity contribution in [2.45, 2.75) is 20.8 Å². The molecule has 0 aromatic heterocycles. The van der Waals surface area contributed by atoms with Crippen molar-refractivity contribution in [3.63, 3.8) is 0 Å². The molecule has 0 radical (unpaired) electrons. The Morgan fingerprint density at radius 2 is 1.81 bits per heavy atom. The van der Waals surface area contributed by atoms with Crippen LogP contribution in [0.25, 0.3) is 5.57 Å². The van der Waals surface area contributed by atoms with Crippen molar-refractivity contribution in [1.82, 2.24) is 0 Å². The Kier molecular flexibility index (Phi) is 5.42. The third-order valence-corrected chi connectivity index (χ3v) is 4.71. The van der Waals surface area contributed by atoms with Crippen molar-refractivity contribution in [1.29, 1.82) is 5.26 Å². The molecule has 0 bridgehead atoms. The number of Topliss-reactive ketones (excluding diaryl/α,β-unsaturated/α-hetero) is 1. The molecule has 0 saturated heterocycles. The zero-order valence-electron chi connectivity index (χ0n) is 15.8. The molecule has 0 atom stereocenters.